The molecule has 0 saturated carbocycles. The van der Waals surface area contributed by atoms with E-state index in [2.05, 4.69) is 10.3 Å². The summed E-state index contributed by atoms with van der Waals surface area (Å²) < 4.78 is 10.5. The maximum Gasteiger partial charge on any atom is 0.264 e. The molecule has 0 aliphatic rings. The van der Waals surface area contributed by atoms with Gasteiger partial charge in [0.2, 0.25) is 0 Å². The van der Waals surface area contributed by atoms with Crippen molar-refractivity contribution in [2.45, 2.75) is 0 Å². The highest BCUT2D eigenvalue weighted by Crippen LogP contribution is 2.27. The van der Waals surface area contributed by atoms with Gasteiger partial charge in [0.05, 0.1) is 18.7 Å². The van der Waals surface area contributed by atoms with Gasteiger partial charge in [-0.1, -0.05) is 0 Å². The van der Waals surface area contributed by atoms with Crippen LogP contribution in [0.3, 0.4) is 0 Å². The van der Waals surface area contributed by atoms with Crippen LogP contribution in [0, 0.1) is 11.3 Å². The van der Waals surface area contributed by atoms with Crippen LogP contribution in [0.1, 0.15) is 5.56 Å². The van der Waals surface area contributed by atoms with E-state index in [9.17, 15) is 4.79 Å². The number of hydrogen-bond acceptors (Lipinski definition) is 6. The molecule has 0 radical (unpaired) electrons. The van der Waals surface area contributed by atoms with Crippen LogP contribution in [0.2, 0.25) is 0 Å². The number of nitriles is 1. The average Bonchev–Trinajstić information content (AvgIpc) is 2.97. The second-order valence-corrected chi connectivity index (χ2v) is 4.55. The Hall–Kier alpha value is -2.59. The van der Waals surface area contributed by atoms with Crippen molar-refractivity contribution in [2.75, 3.05) is 19.0 Å². The molecule has 0 fully saturated rings. The van der Waals surface area contributed by atoms with E-state index in [4.69, 9.17) is 14.7 Å². The Morgan fingerprint density at radius 1 is 1.50 bits per heavy atom. The smallest absolute Gasteiger partial charge is 0.264 e. The maximum absolute atomic E-state index is 11.6. The Kier molecular flexibility index (Phi) is 4.52. The Bertz CT molecular complexity index is 635. The summed E-state index contributed by atoms with van der Waals surface area (Å²) in [4.78, 5) is 15.6. The molecule has 0 spiro atoms. The lowest BCUT2D eigenvalue weighted by Gasteiger charge is -2.10. The molecule has 20 heavy (non-hydrogen) atoms. The molecular formula is C13H11N3O3S. The highest BCUT2D eigenvalue weighted by atomic mass is 32.1. The van der Waals surface area contributed by atoms with Crippen LogP contribution in [0.5, 0.6) is 11.5 Å². The van der Waals surface area contributed by atoms with E-state index in [1.807, 2.05) is 6.07 Å². The van der Waals surface area contributed by atoms with Gasteiger partial charge in [-0.15, -0.1) is 11.3 Å². The number of thiazole rings is 1. The molecule has 0 bridgehead atoms. The van der Waals surface area contributed by atoms with Crippen LogP contribution >= 0.6 is 11.3 Å². The number of methoxy groups -OCH3 is 1. The van der Waals surface area contributed by atoms with E-state index in [1.54, 1.807) is 29.8 Å². The normalized spacial score (nSPS) is 9.60. The zero-order chi connectivity index (χ0) is 14.4. The minimum absolute atomic E-state index is 0.165. The molecule has 7 heteroatoms. The van der Waals surface area contributed by atoms with Crippen LogP contribution in [-0.2, 0) is 4.79 Å². The largest absolute Gasteiger partial charge is 0.493 e. The van der Waals surface area contributed by atoms with Crippen LogP contribution in [0.4, 0.5) is 5.13 Å². The molecule has 0 aliphatic heterocycles. The molecule has 0 unspecified atom stereocenters. The summed E-state index contributed by atoms with van der Waals surface area (Å²) in [6, 6.07) is 6.74. The van der Waals surface area contributed by atoms with Crippen molar-refractivity contribution in [1.82, 2.24) is 4.98 Å². The lowest BCUT2D eigenvalue weighted by atomic mass is 10.2. The third-order valence-corrected chi connectivity index (χ3v) is 3.02. The number of anilines is 1. The topological polar surface area (TPSA) is 84.2 Å². The average molecular weight is 289 g/mol. The molecule has 1 aromatic heterocycles. The molecule has 0 saturated heterocycles. The Balaban J connectivity index is 1.97. The van der Waals surface area contributed by atoms with E-state index in [0.717, 1.165) is 0 Å². The van der Waals surface area contributed by atoms with Gasteiger partial charge in [-0.05, 0) is 12.1 Å². The van der Waals surface area contributed by atoms with E-state index in [1.165, 1.54) is 18.4 Å². The number of ether oxygens (including phenoxy) is 2. The number of carbonyl (C=O) groups is 1. The fraction of sp³-hybridized carbons (Fsp3) is 0.154. The number of benzene rings is 1. The van der Waals surface area contributed by atoms with Gasteiger partial charge in [0.15, 0.2) is 23.2 Å². The molecule has 6 nitrogen and oxygen atoms in total. The number of nitrogens with zero attached hydrogens (tertiary/aromatic N) is 2. The van der Waals surface area contributed by atoms with Crippen molar-refractivity contribution in [3.05, 3.63) is 35.3 Å². The first-order valence-electron chi connectivity index (χ1n) is 5.63. The maximum atomic E-state index is 11.6. The second-order valence-electron chi connectivity index (χ2n) is 3.65. The standard InChI is InChI=1S/C13H11N3O3S/c1-18-11-6-9(7-14)2-3-10(11)19-8-12(17)16-13-15-4-5-20-13/h2-6H,8H2,1H3,(H,15,16,17). The summed E-state index contributed by atoms with van der Waals surface area (Å²) in [5.41, 5.74) is 0.460. The van der Waals surface area contributed by atoms with Gasteiger partial charge >= 0.3 is 0 Å². The molecule has 1 aromatic carbocycles. The van der Waals surface area contributed by atoms with Crippen LogP contribution in [0.15, 0.2) is 29.8 Å². The second kappa shape index (κ2) is 6.54. The van der Waals surface area contributed by atoms with Crippen molar-refractivity contribution in [3.8, 4) is 17.6 Å². The minimum atomic E-state index is -0.314. The van der Waals surface area contributed by atoms with Gasteiger partial charge in [-0.3, -0.25) is 10.1 Å². The fourth-order valence-corrected chi connectivity index (χ4v) is 1.99. The van der Waals surface area contributed by atoms with Gasteiger partial charge in [0, 0.05) is 17.6 Å². The molecule has 102 valence electrons. The minimum Gasteiger partial charge on any atom is -0.493 e. The van der Waals surface area contributed by atoms with Gasteiger partial charge in [-0.2, -0.15) is 5.26 Å². The van der Waals surface area contributed by atoms with Crippen molar-refractivity contribution in [3.63, 3.8) is 0 Å². The number of hydrogen-bond donors (Lipinski definition) is 1. The van der Waals surface area contributed by atoms with Crippen LogP contribution in [-0.4, -0.2) is 24.6 Å². The number of aromatic nitrogens is 1. The highest BCUT2D eigenvalue weighted by Gasteiger charge is 2.09. The van der Waals surface area contributed by atoms with Crippen molar-refractivity contribution in [1.29, 1.82) is 5.26 Å². The zero-order valence-corrected chi connectivity index (χ0v) is 11.4. The first-order valence-corrected chi connectivity index (χ1v) is 6.51. The van der Waals surface area contributed by atoms with E-state index in [0.29, 0.717) is 22.2 Å². The number of amides is 1. The Morgan fingerprint density at radius 2 is 2.35 bits per heavy atom. The van der Waals surface area contributed by atoms with Gasteiger partial charge in [0.25, 0.3) is 5.91 Å². The van der Waals surface area contributed by atoms with Crippen molar-refractivity contribution in [2.24, 2.45) is 0 Å². The molecule has 1 amide bonds. The first kappa shape index (κ1) is 13.8. The summed E-state index contributed by atoms with van der Waals surface area (Å²) in [7, 11) is 1.47. The monoisotopic (exact) mass is 289 g/mol. The van der Waals surface area contributed by atoms with E-state index < -0.39 is 0 Å². The van der Waals surface area contributed by atoms with E-state index in [-0.39, 0.29) is 12.5 Å². The van der Waals surface area contributed by atoms with Crippen molar-refractivity contribution >= 4 is 22.4 Å². The lowest BCUT2D eigenvalue weighted by Crippen LogP contribution is -2.20. The van der Waals surface area contributed by atoms with Gasteiger partial charge in [0.1, 0.15) is 0 Å². The lowest BCUT2D eigenvalue weighted by molar-refractivity contribution is -0.118. The molecule has 2 aromatic rings. The first-order chi connectivity index (χ1) is 9.72. The number of carbonyl (C=O) groups excluding carboxylic acids is 1. The zero-order valence-electron chi connectivity index (χ0n) is 10.6. The fourth-order valence-electron chi connectivity index (χ4n) is 1.44. The van der Waals surface area contributed by atoms with E-state index >= 15 is 0 Å². The number of rotatable bonds is 5. The van der Waals surface area contributed by atoms with Crippen LogP contribution < -0.4 is 14.8 Å². The molecule has 0 aliphatic carbocycles. The Labute approximate surface area is 119 Å². The molecule has 0 atom stereocenters. The summed E-state index contributed by atoms with van der Waals surface area (Å²) in [5, 5.41) is 13.7. The predicted octanol–water partition coefficient (Wildman–Crippen LogP) is 2.04. The molecule has 2 rings (SSSR count). The molecule has 1 N–H and O–H groups in total. The highest BCUT2D eigenvalue weighted by molar-refractivity contribution is 7.13. The number of nitrogens with one attached hydrogen (secondary N) is 1. The third-order valence-electron chi connectivity index (χ3n) is 2.33. The summed E-state index contributed by atoms with van der Waals surface area (Å²) in [6.45, 7) is -0.165. The Morgan fingerprint density at radius 3 is 3.00 bits per heavy atom. The molecule has 1 heterocycles. The van der Waals surface area contributed by atoms with Crippen LogP contribution in [0.25, 0.3) is 0 Å². The van der Waals surface area contributed by atoms with Gasteiger partial charge < -0.3 is 9.47 Å². The summed E-state index contributed by atoms with van der Waals surface area (Å²) in [6.07, 6.45) is 1.60. The SMILES string of the molecule is COc1cc(C#N)ccc1OCC(=O)Nc1nccs1. The summed E-state index contributed by atoms with van der Waals surface area (Å²) >= 11 is 1.33. The predicted molar refractivity (Wildman–Crippen MR) is 73.9 cm³/mol. The van der Waals surface area contributed by atoms with Gasteiger partial charge in [-0.25, -0.2) is 4.98 Å². The molecular weight excluding hydrogens is 278 g/mol. The summed E-state index contributed by atoms with van der Waals surface area (Å²) in [5.74, 6) is 0.498. The quantitative estimate of drug-likeness (QED) is 0.910. The van der Waals surface area contributed by atoms with Crippen molar-refractivity contribution < 1.29 is 14.3 Å². The third kappa shape index (κ3) is 3.46.